The first-order valence-corrected chi connectivity index (χ1v) is 14.3. The summed E-state index contributed by atoms with van der Waals surface area (Å²) in [6.45, 7) is 3.93. The molecule has 0 atom stereocenters. The molecule has 1 saturated heterocycles. The number of piperidine rings is 1. The average Bonchev–Trinajstić information content (AvgIpc) is 2.97. The maximum atomic E-state index is 12.8. The van der Waals surface area contributed by atoms with Gasteiger partial charge in [-0.3, -0.25) is 9.69 Å². The minimum absolute atomic E-state index is 0.0215. The molecule has 5 rings (SSSR count). The molecule has 0 N–H and O–H groups in total. The molecule has 206 valence electrons. The van der Waals surface area contributed by atoms with E-state index in [4.69, 9.17) is 25.8 Å². The number of carbonyl (C=O) groups excluding carboxylic acids is 1. The number of fused-ring (bicyclic) bond motifs is 2. The molecular weight excluding hydrogens is 514 g/mol. The van der Waals surface area contributed by atoms with Crippen LogP contribution in [-0.2, 0) is 11.3 Å². The highest BCUT2D eigenvalue weighted by atomic mass is 35.5. The molecule has 2 aromatic carbocycles. The zero-order chi connectivity index (χ0) is 26.9. The van der Waals surface area contributed by atoms with Gasteiger partial charge in [0.1, 0.15) is 5.75 Å². The molecule has 0 radical (unpaired) electrons. The number of aromatic nitrogens is 1. The van der Waals surface area contributed by atoms with Gasteiger partial charge in [-0.25, -0.2) is 4.98 Å². The molecule has 0 unspecified atom stereocenters. The Morgan fingerprint density at radius 3 is 2.51 bits per heavy atom. The lowest BCUT2D eigenvalue weighted by molar-refractivity contribution is -0.135. The largest absolute Gasteiger partial charge is 0.490 e. The van der Waals surface area contributed by atoms with Crippen molar-refractivity contribution in [2.75, 3.05) is 32.8 Å². The van der Waals surface area contributed by atoms with Crippen molar-refractivity contribution in [2.24, 2.45) is 0 Å². The highest BCUT2D eigenvalue weighted by Crippen LogP contribution is 2.33. The Balaban J connectivity index is 1.23. The molecule has 8 heteroatoms. The SMILES string of the molecule is O=C(COc1ccc(Cl)cc1)N1CCC(N2CCCCCCOc3ccccc3Oc3ncccc3C2)CC1. The molecule has 3 heterocycles. The maximum absolute atomic E-state index is 12.8. The van der Waals surface area contributed by atoms with Gasteiger partial charge in [0.25, 0.3) is 5.91 Å². The van der Waals surface area contributed by atoms with Gasteiger partial charge >= 0.3 is 0 Å². The number of ether oxygens (including phenoxy) is 3. The zero-order valence-electron chi connectivity index (χ0n) is 22.3. The quantitative estimate of drug-likeness (QED) is 0.378. The van der Waals surface area contributed by atoms with Crippen molar-refractivity contribution in [3.8, 4) is 23.1 Å². The zero-order valence-corrected chi connectivity index (χ0v) is 23.0. The van der Waals surface area contributed by atoms with Crippen LogP contribution in [0.5, 0.6) is 23.1 Å². The predicted molar refractivity (Wildman–Crippen MR) is 152 cm³/mol. The second-order valence-electron chi connectivity index (χ2n) is 10.1. The molecule has 39 heavy (non-hydrogen) atoms. The molecule has 1 amide bonds. The Labute approximate surface area is 235 Å². The van der Waals surface area contributed by atoms with Gasteiger partial charge in [0, 0.05) is 42.5 Å². The van der Waals surface area contributed by atoms with Gasteiger partial charge < -0.3 is 19.1 Å². The standard InChI is InChI=1S/C31H36ClN3O4/c32-25-11-13-27(14-12-25)38-23-30(36)34-19-15-26(16-20-34)35-18-5-1-2-6-21-37-28-9-3-4-10-29(28)39-31-24(22-35)8-7-17-33-31/h3-4,7-14,17,26H,1-2,5-6,15-16,18-23H2. The van der Waals surface area contributed by atoms with Crippen LogP contribution in [0.25, 0.3) is 0 Å². The summed E-state index contributed by atoms with van der Waals surface area (Å²) in [6.07, 6.45) is 8.07. The van der Waals surface area contributed by atoms with E-state index in [9.17, 15) is 4.79 Å². The van der Waals surface area contributed by atoms with E-state index in [1.54, 1.807) is 30.5 Å². The van der Waals surface area contributed by atoms with Gasteiger partial charge in [0.15, 0.2) is 18.1 Å². The Bertz CT molecular complexity index is 1210. The van der Waals surface area contributed by atoms with E-state index in [1.807, 2.05) is 35.2 Å². The lowest BCUT2D eigenvalue weighted by Crippen LogP contribution is -2.48. The van der Waals surface area contributed by atoms with Gasteiger partial charge in [-0.05, 0) is 74.7 Å². The minimum atomic E-state index is 0.0215. The van der Waals surface area contributed by atoms with Gasteiger partial charge in [0.05, 0.1) is 6.61 Å². The molecule has 7 nitrogen and oxygen atoms in total. The fourth-order valence-electron chi connectivity index (χ4n) is 5.20. The van der Waals surface area contributed by atoms with Crippen LogP contribution in [-0.4, -0.2) is 59.6 Å². The summed E-state index contributed by atoms with van der Waals surface area (Å²) in [4.78, 5) is 21.9. The number of hydrogen-bond acceptors (Lipinski definition) is 6. The number of hydrogen-bond donors (Lipinski definition) is 0. The minimum Gasteiger partial charge on any atom is -0.490 e. The van der Waals surface area contributed by atoms with Crippen molar-refractivity contribution in [3.05, 3.63) is 77.4 Å². The van der Waals surface area contributed by atoms with Crippen LogP contribution in [0.1, 0.15) is 44.1 Å². The highest BCUT2D eigenvalue weighted by molar-refractivity contribution is 6.30. The summed E-state index contributed by atoms with van der Waals surface area (Å²) in [5.41, 5.74) is 1.05. The van der Waals surface area contributed by atoms with Crippen LogP contribution in [0.15, 0.2) is 66.9 Å². The number of pyridine rings is 1. The van der Waals surface area contributed by atoms with Gasteiger partial charge in [-0.15, -0.1) is 0 Å². The molecule has 0 saturated carbocycles. The van der Waals surface area contributed by atoms with Crippen molar-refractivity contribution >= 4 is 17.5 Å². The Kier molecular flexibility index (Phi) is 9.57. The van der Waals surface area contributed by atoms with E-state index < -0.39 is 0 Å². The molecule has 2 aliphatic heterocycles. The highest BCUT2D eigenvalue weighted by Gasteiger charge is 2.28. The molecule has 1 aromatic heterocycles. The molecule has 2 aliphatic rings. The molecule has 0 spiro atoms. The van der Waals surface area contributed by atoms with E-state index in [1.165, 1.54) is 0 Å². The molecular formula is C31H36ClN3O4. The summed E-state index contributed by atoms with van der Waals surface area (Å²) in [7, 11) is 0. The topological polar surface area (TPSA) is 64.1 Å². The van der Waals surface area contributed by atoms with E-state index in [0.29, 0.717) is 35.1 Å². The van der Waals surface area contributed by atoms with Gasteiger partial charge in [0.2, 0.25) is 5.88 Å². The van der Waals surface area contributed by atoms with Crippen molar-refractivity contribution in [3.63, 3.8) is 0 Å². The number of nitrogens with zero attached hydrogens (tertiary/aromatic N) is 3. The third-order valence-electron chi connectivity index (χ3n) is 7.39. The Morgan fingerprint density at radius 2 is 1.69 bits per heavy atom. The van der Waals surface area contributed by atoms with Gasteiger partial charge in [-0.2, -0.15) is 0 Å². The fraction of sp³-hybridized carbons (Fsp3) is 0.419. The average molecular weight is 550 g/mol. The number of halogens is 1. The second kappa shape index (κ2) is 13.7. The number of benzene rings is 2. The van der Waals surface area contributed by atoms with Gasteiger partial charge in [-0.1, -0.05) is 42.6 Å². The first kappa shape index (κ1) is 27.3. The Hall–Kier alpha value is -3.29. The van der Waals surface area contributed by atoms with Crippen molar-refractivity contribution in [2.45, 2.75) is 51.1 Å². The smallest absolute Gasteiger partial charge is 0.260 e. The lowest BCUT2D eigenvalue weighted by Gasteiger charge is -2.39. The number of carbonyl (C=O) groups is 1. The van der Waals surface area contributed by atoms with E-state index in [-0.39, 0.29) is 12.5 Å². The number of amides is 1. The second-order valence-corrected chi connectivity index (χ2v) is 10.5. The Morgan fingerprint density at radius 1 is 0.923 bits per heavy atom. The van der Waals surface area contributed by atoms with E-state index in [2.05, 4.69) is 16.0 Å². The number of rotatable bonds is 4. The third-order valence-corrected chi connectivity index (χ3v) is 7.64. The van der Waals surface area contributed by atoms with Crippen LogP contribution < -0.4 is 14.2 Å². The first-order valence-electron chi connectivity index (χ1n) is 13.9. The van der Waals surface area contributed by atoms with Crippen molar-refractivity contribution in [1.29, 1.82) is 0 Å². The van der Waals surface area contributed by atoms with Crippen LogP contribution >= 0.6 is 11.6 Å². The van der Waals surface area contributed by atoms with Crippen LogP contribution in [0, 0.1) is 0 Å². The lowest BCUT2D eigenvalue weighted by atomic mass is 10.0. The van der Waals surface area contributed by atoms with Crippen molar-refractivity contribution in [1.82, 2.24) is 14.8 Å². The first-order chi connectivity index (χ1) is 19.2. The normalized spacial score (nSPS) is 17.6. The summed E-state index contributed by atoms with van der Waals surface area (Å²) in [5, 5.41) is 0.646. The van der Waals surface area contributed by atoms with E-state index in [0.717, 1.165) is 76.0 Å². The predicted octanol–water partition coefficient (Wildman–Crippen LogP) is 6.35. The van der Waals surface area contributed by atoms with Crippen LogP contribution in [0.4, 0.5) is 0 Å². The van der Waals surface area contributed by atoms with Crippen LogP contribution in [0.2, 0.25) is 5.02 Å². The number of likely N-dealkylation sites (tertiary alicyclic amines) is 1. The maximum Gasteiger partial charge on any atom is 0.260 e. The van der Waals surface area contributed by atoms with E-state index >= 15 is 0 Å². The molecule has 0 aliphatic carbocycles. The summed E-state index contributed by atoms with van der Waals surface area (Å²) >= 11 is 5.94. The van der Waals surface area contributed by atoms with Crippen molar-refractivity contribution < 1.29 is 19.0 Å². The molecule has 3 aromatic rings. The molecule has 0 bridgehead atoms. The van der Waals surface area contributed by atoms with Crippen LogP contribution in [0.3, 0.4) is 0 Å². The summed E-state index contributed by atoms with van der Waals surface area (Å²) in [5.74, 6) is 2.72. The molecule has 1 fully saturated rings. The fourth-order valence-corrected chi connectivity index (χ4v) is 5.33. The summed E-state index contributed by atoms with van der Waals surface area (Å²) < 4.78 is 18.0. The third kappa shape index (κ3) is 7.64. The summed E-state index contributed by atoms with van der Waals surface area (Å²) in [6, 6.07) is 19.3. The number of para-hydroxylation sites is 2. The monoisotopic (exact) mass is 549 g/mol.